The molecular formula is C18H22N2O3. The lowest BCUT2D eigenvalue weighted by atomic mass is 10.1. The maximum Gasteiger partial charge on any atom is 0.251 e. The summed E-state index contributed by atoms with van der Waals surface area (Å²) in [5, 5.41) is 7.42. The molecule has 5 heteroatoms. The summed E-state index contributed by atoms with van der Waals surface area (Å²) in [6, 6.07) is 10.5. The molecule has 2 rings (SSSR count). The number of benzene rings is 2. The van der Waals surface area contributed by atoms with Gasteiger partial charge in [-0.3, -0.25) is 9.59 Å². The van der Waals surface area contributed by atoms with Gasteiger partial charge in [0.1, 0.15) is 11.8 Å². The molecule has 0 heterocycles. The Labute approximate surface area is 136 Å². The van der Waals surface area contributed by atoms with E-state index in [9.17, 15) is 9.59 Å². The van der Waals surface area contributed by atoms with Crippen molar-refractivity contribution < 1.29 is 14.3 Å². The van der Waals surface area contributed by atoms with Crippen molar-refractivity contribution in [1.82, 2.24) is 10.6 Å². The standard InChI is InChI=1S/C18H22N2O3/c1-4-9-19-17(21)12(2)20-18(22)15-6-5-14-11-16(23-3)8-7-13(14)10-15/h5-8,10-12H,4,9H2,1-3H3,(H,19,21)(H,20,22). The summed E-state index contributed by atoms with van der Waals surface area (Å²) in [4.78, 5) is 24.1. The predicted molar refractivity (Wildman–Crippen MR) is 90.7 cm³/mol. The smallest absolute Gasteiger partial charge is 0.251 e. The average Bonchev–Trinajstić information content (AvgIpc) is 2.58. The van der Waals surface area contributed by atoms with Gasteiger partial charge in [0.05, 0.1) is 7.11 Å². The van der Waals surface area contributed by atoms with E-state index in [-0.39, 0.29) is 11.8 Å². The van der Waals surface area contributed by atoms with Crippen LogP contribution < -0.4 is 15.4 Å². The number of hydrogen-bond donors (Lipinski definition) is 2. The second-order valence-corrected chi connectivity index (χ2v) is 5.41. The number of carbonyl (C=O) groups excluding carboxylic acids is 2. The molecule has 5 nitrogen and oxygen atoms in total. The molecule has 2 N–H and O–H groups in total. The molecular weight excluding hydrogens is 292 g/mol. The second kappa shape index (κ2) is 7.63. The Balaban J connectivity index is 2.10. The van der Waals surface area contributed by atoms with Crippen LogP contribution in [-0.2, 0) is 4.79 Å². The van der Waals surface area contributed by atoms with Gasteiger partial charge in [0.2, 0.25) is 5.91 Å². The van der Waals surface area contributed by atoms with E-state index in [1.54, 1.807) is 26.2 Å². The van der Waals surface area contributed by atoms with Crippen LogP contribution in [0.3, 0.4) is 0 Å². The molecule has 0 spiro atoms. The molecule has 0 aliphatic rings. The Kier molecular flexibility index (Phi) is 5.57. The number of carbonyl (C=O) groups is 2. The van der Waals surface area contributed by atoms with E-state index in [0.29, 0.717) is 12.1 Å². The van der Waals surface area contributed by atoms with Crippen molar-refractivity contribution in [3.05, 3.63) is 42.0 Å². The van der Waals surface area contributed by atoms with Crippen LogP contribution >= 0.6 is 0 Å². The Morgan fingerprint density at radius 1 is 1.13 bits per heavy atom. The van der Waals surface area contributed by atoms with E-state index in [0.717, 1.165) is 22.9 Å². The van der Waals surface area contributed by atoms with Gasteiger partial charge in [0.25, 0.3) is 5.91 Å². The topological polar surface area (TPSA) is 67.4 Å². The fraction of sp³-hybridized carbons (Fsp3) is 0.333. The molecule has 23 heavy (non-hydrogen) atoms. The minimum Gasteiger partial charge on any atom is -0.497 e. The first-order chi connectivity index (χ1) is 11.0. The summed E-state index contributed by atoms with van der Waals surface area (Å²) in [6.07, 6.45) is 0.862. The zero-order valence-corrected chi connectivity index (χ0v) is 13.7. The van der Waals surface area contributed by atoms with Gasteiger partial charge in [0.15, 0.2) is 0 Å². The van der Waals surface area contributed by atoms with Gasteiger partial charge in [-0.25, -0.2) is 0 Å². The number of ether oxygens (including phenoxy) is 1. The summed E-state index contributed by atoms with van der Waals surface area (Å²) in [6.45, 7) is 4.26. The molecule has 1 atom stereocenters. The predicted octanol–water partition coefficient (Wildman–Crippen LogP) is 2.49. The van der Waals surface area contributed by atoms with Crippen LogP contribution in [0, 0.1) is 0 Å². The van der Waals surface area contributed by atoms with E-state index >= 15 is 0 Å². The van der Waals surface area contributed by atoms with Crippen molar-refractivity contribution in [2.24, 2.45) is 0 Å². The highest BCUT2D eigenvalue weighted by atomic mass is 16.5. The minimum atomic E-state index is -0.569. The number of methoxy groups -OCH3 is 1. The molecule has 1 unspecified atom stereocenters. The van der Waals surface area contributed by atoms with Crippen LogP contribution in [0.5, 0.6) is 5.75 Å². The van der Waals surface area contributed by atoms with Crippen LogP contribution in [0.25, 0.3) is 10.8 Å². The molecule has 0 bridgehead atoms. The SMILES string of the molecule is CCCNC(=O)C(C)NC(=O)c1ccc2cc(OC)ccc2c1. The maximum absolute atomic E-state index is 12.3. The van der Waals surface area contributed by atoms with Crippen LogP contribution in [0.15, 0.2) is 36.4 Å². The van der Waals surface area contributed by atoms with E-state index in [1.807, 2.05) is 31.2 Å². The first-order valence-electron chi connectivity index (χ1n) is 7.71. The largest absolute Gasteiger partial charge is 0.497 e. The Morgan fingerprint density at radius 3 is 2.52 bits per heavy atom. The molecule has 0 aromatic heterocycles. The first kappa shape index (κ1) is 16.8. The summed E-state index contributed by atoms with van der Waals surface area (Å²) in [5.74, 6) is 0.337. The molecule has 0 fully saturated rings. The van der Waals surface area contributed by atoms with Gasteiger partial charge in [0, 0.05) is 12.1 Å². The fourth-order valence-corrected chi connectivity index (χ4v) is 2.24. The molecule has 122 valence electrons. The van der Waals surface area contributed by atoms with Crippen molar-refractivity contribution >= 4 is 22.6 Å². The summed E-state index contributed by atoms with van der Waals surface area (Å²) >= 11 is 0. The number of hydrogen-bond acceptors (Lipinski definition) is 3. The summed E-state index contributed by atoms with van der Waals surface area (Å²) in [7, 11) is 1.62. The van der Waals surface area contributed by atoms with Crippen molar-refractivity contribution in [3.8, 4) is 5.75 Å². The third kappa shape index (κ3) is 4.22. The van der Waals surface area contributed by atoms with Gasteiger partial charge in [-0.2, -0.15) is 0 Å². The zero-order chi connectivity index (χ0) is 16.8. The molecule has 0 saturated heterocycles. The van der Waals surface area contributed by atoms with Crippen LogP contribution in [0.4, 0.5) is 0 Å². The highest BCUT2D eigenvalue weighted by Crippen LogP contribution is 2.21. The molecule has 2 aromatic carbocycles. The van der Waals surface area contributed by atoms with Crippen LogP contribution in [-0.4, -0.2) is 31.5 Å². The van der Waals surface area contributed by atoms with E-state index in [4.69, 9.17) is 4.74 Å². The molecule has 2 amide bonds. The Morgan fingerprint density at radius 2 is 1.83 bits per heavy atom. The lowest BCUT2D eigenvalue weighted by Crippen LogP contribution is -2.44. The van der Waals surface area contributed by atoms with Crippen molar-refractivity contribution in [2.45, 2.75) is 26.3 Å². The zero-order valence-electron chi connectivity index (χ0n) is 13.7. The van der Waals surface area contributed by atoms with Gasteiger partial charge in [-0.15, -0.1) is 0 Å². The van der Waals surface area contributed by atoms with Crippen molar-refractivity contribution in [1.29, 1.82) is 0 Å². The fourth-order valence-electron chi connectivity index (χ4n) is 2.24. The third-order valence-corrected chi connectivity index (χ3v) is 3.60. The molecule has 0 radical (unpaired) electrons. The van der Waals surface area contributed by atoms with Crippen molar-refractivity contribution in [3.63, 3.8) is 0 Å². The molecule has 0 aliphatic carbocycles. The second-order valence-electron chi connectivity index (χ2n) is 5.41. The molecule has 2 aromatic rings. The normalized spacial score (nSPS) is 11.8. The number of fused-ring (bicyclic) bond motifs is 1. The maximum atomic E-state index is 12.3. The Bertz CT molecular complexity index is 712. The van der Waals surface area contributed by atoms with Gasteiger partial charge < -0.3 is 15.4 Å². The van der Waals surface area contributed by atoms with Gasteiger partial charge in [-0.1, -0.05) is 19.1 Å². The van der Waals surface area contributed by atoms with Gasteiger partial charge >= 0.3 is 0 Å². The van der Waals surface area contributed by atoms with Crippen LogP contribution in [0.1, 0.15) is 30.6 Å². The molecule has 0 saturated carbocycles. The monoisotopic (exact) mass is 314 g/mol. The average molecular weight is 314 g/mol. The van der Waals surface area contributed by atoms with E-state index in [2.05, 4.69) is 10.6 Å². The summed E-state index contributed by atoms with van der Waals surface area (Å²) < 4.78 is 5.19. The van der Waals surface area contributed by atoms with Crippen molar-refractivity contribution in [2.75, 3.05) is 13.7 Å². The quantitative estimate of drug-likeness (QED) is 0.861. The molecule has 0 aliphatic heterocycles. The van der Waals surface area contributed by atoms with E-state index in [1.165, 1.54) is 0 Å². The minimum absolute atomic E-state index is 0.175. The summed E-state index contributed by atoms with van der Waals surface area (Å²) in [5.41, 5.74) is 0.526. The number of nitrogens with one attached hydrogen (secondary N) is 2. The number of rotatable bonds is 6. The lowest BCUT2D eigenvalue weighted by Gasteiger charge is -2.14. The third-order valence-electron chi connectivity index (χ3n) is 3.60. The highest BCUT2D eigenvalue weighted by Gasteiger charge is 2.16. The van der Waals surface area contributed by atoms with E-state index < -0.39 is 6.04 Å². The Hall–Kier alpha value is -2.56. The first-order valence-corrected chi connectivity index (χ1v) is 7.71. The number of amides is 2. The van der Waals surface area contributed by atoms with Crippen LogP contribution in [0.2, 0.25) is 0 Å². The highest BCUT2D eigenvalue weighted by molar-refractivity contribution is 6.00. The van der Waals surface area contributed by atoms with Gasteiger partial charge in [-0.05, 0) is 48.4 Å². The lowest BCUT2D eigenvalue weighted by molar-refractivity contribution is -0.122.